The molecule has 0 aliphatic rings. The van der Waals surface area contributed by atoms with Crippen LogP contribution in [0.5, 0.6) is 0 Å². The van der Waals surface area contributed by atoms with Crippen molar-refractivity contribution in [3.63, 3.8) is 0 Å². The fraction of sp³-hybridized carbons (Fsp3) is 0.0185. The third-order valence-electron chi connectivity index (χ3n) is 10.8. The van der Waals surface area contributed by atoms with Crippen molar-refractivity contribution in [3.8, 4) is 45.3 Å². The van der Waals surface area contributed by atoms with E-state index in [2.05, 4.69) is 176 Å². The molecule has 4 heteroatoms. The zero-order valence-corrected chi connectivity index (χ0v) is 31.7. The smallest absolute Gasteiger partial charge is 0.165 e. The lowest BCUT2D eigenvalue weighted by atomic mass is 9.96. The molecule has 0 aliphatic heterocycles. The van der Waals surface area contributed by atoms with Gasteiger partial charge in [-0.2, -0.15) is 0 Å². The number of allylic oxidation sites excluding steroid dienone is 5. The lowest BCUT2D eigenvalue weighted by molar-refractivity contribution is 0.669. The van der Waals surface area contributed by atoms with Gasteiger partial charge in [-0.15, -0.1) is 0 Å². The molecule has 8 aromatic carbocycles. The summed E-state index contributed by atoms with van der Waals surface area (Å²) in [5.74, 6) is 1.80. The molecule has 4 nitrogen and oxygen atoms in total. The molecular formula is C54H37N3O. The molecule has 2 aromatic heterocycles. The molecule has 58 heavy (non-hydrogen) atoms. The summed E-state index contributed by atoms with van der Waals surface area (Å²) in [4.78, 5) is 15.8. The molecule has 0 bridgehead atoms. The summed E-state index contributed by atoms with van der Waals surface area (Å²) in [6.07, 6.45) is 8.87. The van der Waals surface area contributed by atoms with Gasteiger partial charge in [0, 0.05) is 27.5 Å². The van der Waals surface area contributed by atoms with E-state index in [9.17, 15) is 0 Å². The van der Waals surface area contributed by atoms with E-state index in [1.165, 1.54) is 16.3 Å². The Morgan fingerprint density at radius 1 is 0.517 bits per heavy atom. The van der Waals surface area contributed by atoms with E-state index in [-0.39, 0.29) is 0 Å². The van der Waals surface area contributed by atoms with Crippen LogP contribution >= 0.6 is 0 Å². The van der Waals surface area contributed by atoms with Crippen LogP contribution in [0.25, 0.3) is 94.3 Å². The Morgan fingerprint density at radius 3 is 2.00 bits per heavy atom. The Kier molecular flexibility index (Phi) is 9.05. The molecule has 10 rings (SSSR count). The number of rotatable bonds is 9. The summed E-state index contributed by atoms with van der Waals surface area (Å²) < 4.78 is 6.46. The van der Waals surface area contributed by atoms with Gasteiger partial charge in [0.05, 0.1) is 0 Å². The first-order valence-corrected chi connectivity index (χ1v) is 19.5. The van der Waals surface area contributed by atoms with Gasteiger partial charge in [0.2, 0.25) is 0 Å². The third-order valence-corrected chi connectivity index (χ3v) is 10.8. The van der Waals surface area contributed by atoms with Crippen molar-refractivity contribution in [1.82, 2.24) is 15.0 Å². The molecule has 0 atom stereocenters. The van der Waals surface area contributed by atoms with Crippen LogP contribution < -0.4 is 0 Å². The molecule has 0 amide bonds. The van der Waals surface area contributed by atoms with E-state index < -0.39 is 0 Å². The molecule has 0 fully saturated rings. The first kappa shape index (κ1) is 34.8. The van der Waals surface area contributed by atoms with E-state index in [0.29, 0.717) is 23.9 Å². The number of hydrogen-bond acceptors (Lipinski definition) is 4. The summed E-state index contributed by atoms with van der Waals surface area (Å²) in [6.45, 7) is 3.98. The number of aromatic nitrogens is 3. The van der Waals surface area contributed by atoms with Crippen molar-refractivity contribution < 1.29 is 4.42 Å². The van der Waals surface area contributed by atoms with Crippen LogP contribution in [0.4, 0.5) is 0 Å². The Bertz CT molecular complexity index is 3200. The number of nitrogens with zero attached hydrogens (tertiary/aromatic N) is 3. The van der Waals surface area contributed by atoms with Gasteiger partial charge < -0.3 is 4.42 Å². The average molecular weight is 744 g/mol. The topological polar surface area (TPSA) is 51.8 Å². The molecule has 0 aliphatic carbocycles. The second-order valence-corrected chi connectivity index (χ2v) is 14.4. The molecule has 0 unspecified atom stereocenters. The molecule has 0 saturated carbocycles. The SMILES string of the molecule is C=C/C=C(\C=C/Cc1ccc2oc3ccccc3c2c1-c1nc(-c2ccc(-c3cccc4ccccc34)cc2)nc(-c2ccc3ccccc3c2)n1)c1ccccc1. The van der Waals surface area contributed by atoms with Crippen molar-refractivity contribution in [3.05, 3.63) is 218 Å². The minimum absolute atomic E-state index is 0.594. The van der Waals surface area contributed by atoms with Gasteiger partial charge in [-0.05, 0) is 74.0 Å². The molecule has 2 heterocycles. The molecule has 0 N–H and O–H groups in total. The standard InChI is InChI=1S/C54H37N3O/c1-2-14-36(37-15-4-3-5-16-37)20-12-22-41-33-34-49-51(47-24-10-11-26-48(47)58-49)50(41)54-56-52(55-53(57-54)44-32-27-38-17-6-7-19-43(38)35-44)42-30-28-40(29-31-42)46-25-13-21-39-18-8-9-23-45(39)46/h2-21,23-35H,1,22H2/b20-12-,36-14+. The summed E-state index contributed by atoms with van der Waals surface area (Å²) >= 11 is 0. The van der Waals surface area contributed by atoms with Crippen LogP contribution in [0, 0.1) is 0 Å². The summed E-state index contributed by atoms with van der Waals surface area (Å²) in [5.41, 5.74) is 9.97. The Hall–Kier alpha value is -7.69. The second-order valence-electron chi connectivity index (χ2n) is 14.4. The minimum atomic E-state index is 0.594. The summed E-state index contributed by atoms with van der Waals surface area (Å²) in [5, 5.41) is 6.72. The summed E-state index contributed by atoms with van der Waals surface area (Å²) in [7, 11) is 0. The third kappa shape index (κ3) is 6.57. The highest BCUT2D eigenvalue weighted by Gasteiger charge is 2.21. The van der Waals surface area contributed by atoms with Crippen molar-refractivity contribution in [2.24, 2.45) is 0 Å². The maximum Gasteiger partial charge on any atom is 0.165 e. The minimum Gasteiger partial charge on any atom is -0.456 e. The monoisotopic (exact) mass is 743 g/mol. The predicted molar refractivity (Wildman–Crippen MR) is 241 cm³/mol. The van der Waals surface area contributed by atoms with E-state index >= 15 is 0 Å². The van der Waals surface area contributed by atoms with Gasteiger partial charge in [-0.3, -0.25) is 0 Å². The normalized spacial score (nSPS) is 12.0. The first-order chi connectivity index (χ1) is 28.7. The molecule has 0 radical (unpaired) electrons. The van der Waals surface area contributed by atoms with Crippen LogP contribution in [0.15, 0.2) is 211 Å². The number of benzene rings is 8. The number of furan rings is 1. The van der Waals surface area contributed by atoms with Crippen LogP contribution in [0.1, 0.15) is 11.1 Å². The van der Waals surface area contributed by atoms with Crippen molar-refractivity contribution in [2.45, 2.75) is 6.42 Å². The quantitative estimate of drug-likeness (QED) is 0.138. The van der Waals surface area contributed by atoms with Gasteiger partial charge in [0.25, 0.3) is 0 Å². The number of fused-ring (bicyclic) bond motifs is 5. The predicted octanol–water partition coefficient (Wildman–Crippen LogP) is 14.1. The molecule has 0 spiro atoms. The maximum absolute atomic E-state index is 6.46. The highest BCUT2D eigenvalue weighted by molar-refractivity contribution is 6.12. The lowest BCUT2D eigenvalue weighted by Crippen LogP contribution is -2.02. The van der Waals surface area contributed by atoms with Gasteiger partial charge in [0.15, 0.2) is 17.5 Å². The van der Waals surface area contributed by atoms with Crippen molar-refractivity contribution >= 4 is 49.1 Å². The van der Waals surface area contributed by atoms with E-state index in [0.717, 1.165) is 71.7 Å². The van der Waals surface area contributed by atoms with Crippen LogP contribution in [0.2, 0.25) is 0 Å². The zero-order valence-electron chi connectivity index (χ0n) is 31.7. The van der Waals surface area contributed by atoms with Crippen molar-refractivity contribution in [2.75, 3.05) is 0 Å². The van der Waals surface area contributed by atoms with Crippen LogP contribution in [-0.4, -0.2) is 15.0 Å². The average Bonchev–Trinajstić information content (AvgIpc) is 3.67. The Balaban J connectivity index is 1.16. The van der Waals surface area contributed by atoms with Crippen LogP contribution in [0.3, 0.4) is 0 Å². The van der Waals surface area contributed by atoms with Gasteiger partial charge in [-0.1, -0.05) is 189 Å². The zero-order chi connectivity index (χ0) is 38.8. The fourth-order valence-electron chi connectivity index (χ4n) is 7.95. The number of hydrogen-bond donors (Lipinski definition) is 0. The molecule has 10 aromatic rings. The Morgan fingerprint density at radius 2 is 1.17 bits per heavy atom. The Labute approximate surface area is 336 Å². The van der Waals surface area contributed by atoms with Gasteiger partial charge in [0.1, 0.15) is 11.2 Å². The summed E-state index contributed by atoms with van der Waals surface area (Å²) in [6, 6.07) is 61.1. The maximum atomic E-state index is 6.46. The van der Waals surface area contributed by atoms with Crippen LogP contribution in [-0.2, 0) is 6.42 Å². The molecule has 274 valence electrons. The lowest BCUT2D eigenvalue weighted by Gasteiger charge is -2.13. The first-order valence-electron chi connectivity index (χ1n) is 19.5. The van der Waals surface area contributed by atoms with E-state index in [1.54, 1.807) is 0 Å². The van der Waals surface area contributed by atoms with Gasteiger partial charge >= 0.3 is 0 Å². The van der Waals surface area contributed by atoms with Crippen molar-refractivity contribution in [1.29, 1.82) is 0 Å². The van der Waals surface area contributed by atoms with Gasteiger partial charge in [-0.25, -0.2) is 15.0 Å². The van der Waals surface area contributed by atoms with E-state index in [4.69, 9.17) is 19.4 Å². The second kappa shape index (κ2) is 15.1. The molecular weight excluding hydrogens is 707 g/mol. The highest BCUT2D eigenvalue weighted by Crippen LogP contribution is 2.40. The largest absolute Gasteiger partial charge is 0.456 e. The van der Waals surface area contributed by atoms with E-state index in [1.807, 2.05) is 30.4 Å². The number of para-hydroxylation sites is 1. The fourth-order valence-corrected chi connectivity index (χ4v) is 7.95. The highest BCUT2D eigenvalue weighted by atomic mass is 16.3. The molecule has 0 saturated heterocycles.